The highest BCUT2D eigenvalue weighted by atomic mass is 16.6. The Balaban J connectivity index is 2.02. The molecule has 2 saturated heterocycles. The molecule has 56 heavy (non-hydrogen) atoms. The fourth-order valence-corrected chi connectivity index (χ4v) is 6.56. The molecule has 5 atom stereocenters. The number of unbranched alkanes of at least 4 members (excludes halogenated alkanes) is 2. The number of rotatable bonds is 22. The molecular weight excluding hydrogens is 732 g/mol. The Labute approximate surface area is 328 Å². The van der Waals surface area contributed by atoms with E-state index < -0.39 is 77.3 Å². The molecule has 5 N–H and O–H groups in total. The lowest BCUT2D eigenvalue weighted by Crippen LogP contribution is -2.55. The monoisotopic (exact) mass is 794 g/mol. The highest BCUT2D eigenvalue weighted by Gasteiger charge is 2.37. The molecular formula is C38H62N6O12. The van der Waals surface area contributed by atoms with E-state index in [1.807, 2.05) is 6.92 Å². The summed E-state index contributed by atoms with van der Waals surface area (Å²) in [5.41, 5.74) is -0.789. The number of carboxylic acids is 1. The Kier molecular flexibility index (Phi) is 19.7. The van der Waals surface area contributed by atoms with Crippen LogP contribution in [-0.4, -0.2) is 130 Å². The van der Waals surface area contributed by atoms with Crippen molar-refractivity contribution in [1.29, 1.82) is 0 Å². The first-order valence-corrected chi connectivity index (χ1v) is 19.7. The highest BCUT2D eigenvalue weighted by Crippen LogP contribution is 2.19. The molecule has 2 fully saturated rings. The summed E-state index contributed by atoms with van der Waals surface area (Å²) in [6.45, 7) is 10.8. The van der Waals surface area contributed by atoms with E-state index in [0.29, 0.717) is 45.2 Å². The van der Waals surface area contributed by atoms with Gasteiger partial charge in [0.05, 0.1) is 6.61 Å². The van der Waals surface area contributed by atoms with E-state index >= 15 is 0 Å². The zero-order valence-electron chi connectivity index (χ0n) is 33.7. The molecule has 0 aromatic heterocycles. The maximum absolute atomic E-state index is 13.4. The van der Waals surface area contributed by atoms with E-state index in [1.54, 1.807) is 20.8 Å². The molecule has 18 nitrogen and oxygen atoms in total. The van der Waals surface area contributed by atoms with Crippen LogP contribution in [0.2, 0.25) is 0 Å². The molecule has 2 aliphatic heterocycles. The van der Waals surface area contributed by atoms with Gasteiger partial charge < -0.3 is 45.6 Å². The lowest BCUT2D eigenvalue weighted by atomic mass is 10.1. The van der Waals surface area contributed by atoms with Crippen molar-refractivity contribution in [3.05, 3.63) is 0 Å². The van der Waals surface area contributed by atoms with E-state index in [-0.39, 0.29) is 69.9 Å². The van der Waals surface area contributed by atoms with Gasteiger partial charge in [-0.15, -0.1) is 0 Å². The quantitative estimate of drug-likeness (QED) is 0.0764. The third kappa shape index (κ3) is 16.5. The smallest absolute Gasteiger partial charge is 0.326 e. The van der Waals surface area contributed by atoms with E-state index in [1.165, 1.54) is 23.6 Å². The zero-order chi connectivity index (χ0) is 42.0. The number of amides is 6. The topological polar surface area (TPSA) is 247 Å². The van der Waals surface area contributed by atoms with E-state index in [2.05, 4.69) is 21.3 Å². The number of carboxylic acid groups (broad SMARTS) is 1. The number of carbonyl (C=O) groups is 9. The number of carbonyl (C=O) groups excluding carboxylic acids is 8. The maximum Gasteiger partial charge on any atom is 0.326 e. The summed E-state index contributed by atoms with van der Waals surface area (Å²) >= 11 is 0. The number of hydrogen-bond acceptors (Lipinski definition) is 11. The van der Waals surface area contributed by atoms with E-state index in [9.17, 15) is 48.3 Å². The predicted molar refractivity (Wildman–Crippen MR) is 201 cm³/mol. The molecule has 0 spiro atoms. The Morgan fingerprint density at radius 2 is 1.21 bits per heavy atom. The number of esters is 2. The normalized spacial score (nSPS) is 18.2. The maximum atomic E-state index is 13.4. The standard InChI is InChI=1S/C38H62N6O12/c1-7-8-23-55-31(47)18-16-26(40-35(51)29-14-11-21-43(29)24(2)45)33(49)39-20-10-9-13-28(37(53)54)42-34(50)27(17-19-32(48)56-38(4,5)6)41-36(52)30-15-12-22-44(30)25(3)46/h26-30H,7-23H2,1-6H3,(H,39,49)(H,40,51)(H,41,52)(H,42,50)(H,53,54). The van der Waals surface area contributed by atoms with Crippen molar-refractivity contribution in [2.75, 3.05) is 26.2 Å². The first kappa shape index (κ1) is 47.4. The average Bonchev–Trinajstić information content (AvgIpc) is 3.81. The van der Waals surface area contributed by atoms with Crippen LogP contribution in [0.5, 0.6) is 0 Å². The second-order valence-electron chi connectivity index (χ2n) is 15.3. The van der Waals surface area contributed by atoms with Crippen LogP contribution >= 0.6 is 0 Å². The van der Waals surface area contributed by atoms with Gasteiger partial charge in [-0.3, -0.25) is 38.4 Å². The highest BCUT2D eigenvalue weighted by molar-refractivity contribution is 5.94. The summed E-state index contributed by atoms with van der Waals surface area (Å²) in [7, 11) is 0. The van der Waals surface area contributed by atoms with Gasteiger partial charge in [-0.05, 0) is 85.0 Å². The Morgan fingerprint density at radius 3 is 1.70 bits per heavy atom. The molecule has 0 aromatic rings. The van der Waals surface area contributed by atoms with Crippen molar-refractivity contribution in [3.8, 4) is 0 Å². The number of ether oxygens (including phenoxy) is 2. The largest absolute Gasteiger partial charge is 0.480 e. The van der Waals surface area contributed by atoms with Gasteiger partial charge in [0.2, 0.25) is 35.4 Å². The van der Waals surface area contributed by atoms with Crippen molar-refractivity contribution < 1.29 is 57.7 Å². The van der Waals surface area contributed by atoms with Gasteiger partial charge in [0.25, 0.3) is 0 Å². The first-order valence-electron chi connectivity index (χ1n) is 19.7. The van der Waals surface area contributed by atoms with Crippen LogP contribution in [0.4, 0.5) is 0 Å². The lowest BCUT2D eigenvalue weighted by Gasteiger charge is -2.26. The van der Waals surface area contributed by atoms with E-state index in [4.69, 9.17) is 9.47 Å². The molecule has 2 heterocycles. The SMILES string of the molecule is CCCCOC(=O)CCC(NC(=O)C1CCCN1C(C)=O)C(=O)NCCCCC(NC(=O)C(CCC(=O)OC(C)(C)C)NC(=O)C1CCCN1C(C)=O)C(=O)O. The molecule has 0 aliphatic carbocycles. The number of nitrogens with zero attached hydrogens (tertiary/aromatic N) is 2. The van der Waals surface area contributed by atoms with Gasteiger partial charge >= 0.3 is 17.9 Å². The third-order valence-corrected chi connectivity index (χ3v) is 9.47. The Morgan fingerprint density at radius 1 is 0.696 bits per heavy atom. The molecule has 0 radical (unpaired) electrons. The second-order valence-corrected chi connectivity index (χ2v) is 15.3. The summed E-state index contributed by atoms with van der Waals surface area (Å²) < 4.78 is 10.5. The van der Waals surface area contributed by atoms with Crippen molar-refractivity contribution in [3.63, 3.8) is 0 Å². The minimum absolute atomic E-state index is 0.0401. The molecule has 2 rings (SSSR count). The summed E-state index contributed by atoms with van der Waals surface area (Å²) in [6, 6.07) is -5.30. The van der Waals surface area contributed by atoms with Crippen LogP contribution in [0, 0.1) is 0 Å². The van der Waals surface area contributed by atoms with Crippen LogP contribution in [-0.2, 0) is 52.6 Å². The molecule has 18 heteroatoms. The van der Waals surface area contributed by atoms with Gasteiger partial charge in [-0.25, -0.2) is 4.79 Å². The fraction of sp³-hybridized carbons (Fsp3) is 0.763. The minimum atomic E-state index is -1.37. The van der Waals surface area contributed by atoms with Gasteiger partial charge in [0, 0.05) is 46.3 Å². The van der Waals surface area contributed by atoms with Crippen molar-refractivity contribution in [1.82, 2.24) is 31.1 Å². The van der Waals surface area contributed by atoms with Gasteiger partial charge in [-0.2, -0.15) is 0 Å². The fourth-order valence-electron chi connectivity index (χ4n) is 6.56. The molecule has 0 bridgehead atoms. The van der Waals surface area contributed by atoms with Crippen molar-refractivity contribution in [2.45, 2.75) is 161 Å². The molecule has 6 amide bonds. The van der Waals surface area contributed by atoms with Crippen LogP contribution < -0.4 is 21.3 Å². The summed E-state index contributed by atoms with van der Waals surface area (Å²) in [4.78, 5) is 117. The van der Waals surface area contributed by atoms with Crippen LogP contribution in [0.25, 0.3) is 0 Å². The van der Waals surface area contributed by atoms with Crippen LogP contribution in [0.1, 0.15) is 125 Å². The Hall–Kier alpha value is -4.77. The summed E-state index contributed by atoms with van der Waals surface area (Å²) in [5, 5.41) is 20.4. The van der Waals surface area contributed by atoms with Crippen LogP contribution in [0.3, 0.4) is 0 Å². The third-order valence-electron chi connectivity index (χ3n) is 9.47. The number of hydrogen-bond donors (Lipinski definition) is 5. The van der Waals surface area contributed by atoms with Crippen molar-refractivity contribution >= 4 is 53.4 Å². The van der Waals surface area contributed by atoms with Gasteiger partial charge in [-0.1, -0.05) is 13.3 Å². The number of likely N-dealkylation sites (tertiary alicyclic amines) is 2. The summed E-state index contributed by atoms with van der Waals surface area (Å²) in [5.74, 6) is -5.50. The lowest BCUT2D eigenvalue weighted by molar-refractivity contribution is -0.155. The second kappa shape index (κ2) is 23.3. The number of nitrogens with one attached hydrogen (secondary N) is 4. The minimum Gasteiger partial charge on any atom is -0.480 e. The first-order chi connectivity index (χ1) is 26.3. The molecule has 2 aliphatic rings. The average molecular weight is 795 g/mol. The van der Waals surface area contributed by atoms with E-state index in [0.717, 1.165) is 6.42 Å². The molecule has 5 unspecified atom stereocenters. The Bertz CT molecular complexity index is 1420. The zero-order valence-corrected chi connectivity index (χ0v) is 33.7. The molecule has 0 aromatic carbocycles. The van der Waals surface area contributed by atoms with Gasteiger partial charge in [0.15, 0.2) is 0 Å². The molecule has 316 valence electrons. The van der Waals surface area contributed by atoms with Gasteiger partial charge in [0.1, 0.15) is 35.8 Å². The van der Waals surface area contributed by atoms with Crippen molar-refractivity contribution in [2.24, 2.45) is 0 Å². The van der Waals surface area contributed by atoms with Crippen LogP contribution in [0.15, 0.2) is 0 Å². The molecule has 0 saturated carbocycles. The number of aliphatic carboxylic acids is 1. The summed E-state index contributed by atoms with van der Waals surface area (Å²) in [6.07, 6.45) is 3.46. The predicted octanol–water partition coefficient (Wildman–Crippen LogP) is 1.08.